The Morgan fingerprint density at radius 2 is 1.94 bits per heavy atom. The minimum Gasteiger partial charge on any atom is -0.355 e. The Kier molecular flexibility index (Phi) is 7.89. The SMILES string of the molecule is Cc1nnnn1-c1cc(NC(=O)c2ccccc2SCC(=O)NCC2CCCCC2)ccc1F. The van der Waals surface area contributed by atoms with Gasteiger partial charge in [0, 0.05) is 17.1 Å². The molecule has 1 aromatic heterocycles. The van der Waals surface area contributed by atoms with E-state index in [1.54, 1.807) is 19.1 Å². The van der Waals surface area contributed by atoms with Crippen molar-refractivity contribution in [3.8, 4) is 5.69 Å². The summed E-state index contributed by atoms with van der Waals surface area (Å²) in [4.78, 5) is 26.1. The summed E-state index contributed by atoms with van der Waals surface area (Å²) in [5.74, 6) is 0.325. The van der Waals surface area contributed by atoms with Gasteiger partial charge in [-0.1, -0.05) is 31.4 Å². The number of hydrogen-bond acceptors (Lipinski definition) is 6. The van der Waals surface area contributed by atoms with E-state index in [1.807, 2.05) is 12.1 Å². The zero-order valence-corrected chi connectivity index (χ0v) is 19.8. The third kappa shape index (κ3) is 5.99. The Hall–Kier alpha value is -3.27. The molecule has 0 bridgehead atoms. The lowest BCUT2D eigenvalue weighted by atomic mass is 9.89. The van der Waals surface area contributed by atoms with Gasteiger partial charge in [0.25, 0.3) is 5.91 Å². The second-order valence-corrected chi connectivity index (χ2v) is 9.37. The van der Waals surface area contributed by atoms with E-state index in [0.717, 1.165) is 6.54 Å². The highest BCUT2D eigenvalue weighted by Gasteiger charge is 2.17. The fourth-order valence-corrected chi connectivity index (χ4v) is 4.91. The fourth-order valence-electron chi connectivity index (χ4n) is 4.03. The van der Waals surface area contributed by atoms with Gasteiger partial charge in [0.05, 0.1) is 11.3 Å². The molecule has 0 aliphatic heterocycles. The predicted molar refractivity (Wildman–Crippen MR) is 129 cm³/mol. The van der Waals surface area contributed by atoms with Crippen LogP contribution in [0.4, 0.5) is 10.1 Å². The molecule has 3 aromatic rings. The van der Waals surface area contributed by atoms with Gasteiger partial charge in [-0.25, -0.2) is 4.39 Å². The number of carbonyl (C=O) groups excluding carboxylic acids is 2. The number of tetrazole rings is 1. The maximum atomic E-state index is 14.3. The standard InChI is InChI=1S/C24H27FN6O2S/c1-16-28-29-30-31(16)21-13-18(11-12-20(21)25)27-24(33)19-9-5-6-10-22(19)34-15-23(32)26-14-17-7-3-2-4-8-17/h5-6,9-13,17H,2-4,7-8,14-15H2,1H3,(H,26,32)(H,27,33). The number of hydrogen-bond donors (Lipinski definition) is 2. The van der Waals surface area contributed by atoms with Crippen molar-refractivity contribution < 1.29 is 14.0 Å². The number of carbonyl (C=O) groups is 2. The lowest BCUT2D eigenvalue weighted by Crippen LogP contribution is -2.31. The highest BCUT2D eigenvalue weighted by molar-refractivity contribution is 8.00. The van der Waals surface area contributed by atoms with Gasteiger partial charge in [0.15, 0.2) is 5.82 Å². The smallest absolute Gasteiger partial charge is 0.256 e. The first-order chi connectivity index (χ1) is 16.5. The summed E-state index contributed by atoms with van der Waals surface area (Å²) in [5, 5.41) is 16.9. The monoisotopic (exact) mass is 482 g/mol. The quantitative estimate of drug-likeness (QED) is 0.468. The lowest BCUT2D eigenvalue weighted by molar-refractivity contribution is -0.118. The van der Waals surface area contributed by atoms with Crippen molar-refractivity contribution >= 4 is 29.3 Å². The van der Waals surface area contributed by atoms with E-state index in [1.165, 1.54) is 66.7 Å². The van der Waals surface area contributed by atoms with Crippen molar-refractivity contribution in [2.45, 2.75) is 43.9 Å². The second-order valence-electron chi connectivity index (χ2n) is 8.35. The molecule has 1 aliphatic rings. The van der Waals surface area contributed by atoms with Gasteiger partial charge in [-0.2, -0.15) is 4.68 Å². The Balaban J connectivity index is 1.39. The first-order valence-corrected chi connectivity index (χ1v) is 12.3. The highest BCUT2D eigenvalue weighted by Crippen LogP contribution is 2.26. The zero-order valence-electron chi connectivity index (χ0n) is 19.0. The highest BCUT2D eigenvalue weighted by atomic mass is 32.2. The number of thioether (sulfide) groups is 1. The third-order valence-corrected chi connectivity index (χ3v) is 6.93. The van der Waals surface area contributed by atoms with Crippen LogP contribution in [0.3, 0.4) is 0 Å². The van der Waals surface area contributed by atoms with Crippen LogP contribution < -0.4 is 10.6 Å². The molecule has 34 heavy (non-hydrogen) atoms. The minimum absolute atomic E-state index is 0.0363. The van der Waals surface area contributed by atoms with Crippen LogP contribution in [0.15, 0.2) is 47.4 Å². The van der Waals surface area contributed by atoms with E-state index in [0.29, 0.717) is 27.9 Å². The van der Waals surface area contributed by atoms with Gasteiger partial charge in [0.1, 0.15) is 11.5 Å². The molecule has 0 atom stereocenters. The summed E-state index contributed by atoms with van der Waals surface area (Å²) < 4.78 is 15.6. The van der Waals surface area contributed by atoms with Crippen LogP contribution in [0.25, 0.3) is 5.69 Å². The molecule has 0 spiro atoms. The number of benzene rings is 2. The second kappa shape index (κ2) is 11.2. The van der Waals surface area contributed by atoms with Gasteiger partial charge in [0.2, 0.25) is 5.91 Å². The van der Waals surface area contributed by atoms with E-state index >= 15 is 0 Å². The summed E-state index contributed by atoms with van der Waals surface area (Å²) in [6.07, 6.45) is 6.12. The molecule has 1 heterocycles. The van der Waals surface area contributed by atoms with Crippen LogP contribution in [0.2, 0.25) is 0 Å². The summed E-state index contributed by atoms with van der Waals surface area (Å²) in [7, 11) is 0. The summed E-state index contributed by atoms with van der Waals surface area (Å²) >= 11 is 1.32. The molecule has 1 aliphatic carbocycles. The van der Waals surface area contributed by atoms with Gasteiger partial charge in [-0.3, -0.25) is 9.59 Å². The normalized spacial score (nSPS) is 14.1. The number of nitrogens with one attached hydrogen (secondary N) is 2. The van der Waals surface area contributed by atoms with Crippen LogP contribution in [-0.4, -0.2) is 44.3 Å². The topological polar surface area (TPSA) is 102 Å². The van der Waals surface area contributed by atoms with Crippen molar-refractivity contribution in [1.29, 1.82) is 0 Å². The summed E-state index contributed by atoms with van der Waals surface area (Å²) in [6, 6.07) is 11.3. The molecule has 4 rings (SSSR count). The molecule has 2 N–H and O–H groups in total. The third-order valence-electron chi connectivity index (χ3n) is 5.86. The molecule has 2 amide bonds. The molecule has 8 nitrogen and oxygen atoms in total. The lowest BCUT2D eigenvalue weighted by Gasteiger charge is -2.21. The van der Waals surface area contributed by atoms with E-state index < -0.39 is 5.82 Å². The molecule has 0 radical (unpaired) electrons. The number of amides is 2. The average molecular weight is 483 g/mol. The Morgan fingerprint density at radius 1 is 1.15 bits per heavy atom. The van der Waals surface area contributed by atoms with Crippen LogP contribution in [0.5, 0.6) is 0 Å². The summed E-state index contributed by atoms with van der Waals surface area (Å²) in [6.45, 7) is 2.37. The number of anilines is 1. The molecule has 2 aromatic carbocycles. The van der Waals surface area contributed by atoms with Crippen LogP contribution in [0.1, 0.15) is 48.3 Å². The Bertz CT molecular complexity index is 1160. The molecule has 178 valence electrons. The zero-order chi connectivity index (χ0) is 23.9. The molecule has 1 fully saturated rings. The van der Waals surface area contributed by atoms with Gasteiger partial charge < -0.3 is 10.6 Å². The maximum Gasteiger partial charge on any atom is 0.256 e. The van der Waals surface area contributed by atoms with E-state index in [2.05, 4.69) is 26.2 Å². The van der Waals surface area contributed by atoms with Crippen LogP contribution >= 0.6 is 11.8 Å². The Morgan fingerprint density at radius 3 is 2.71 bits per heavy atom. The number of halogens is 1. The first-order valence-electron chi connectivity index (χ1n) is 11.4. The summed E-state index contributed by atoms with van der Waals surface area (Å²) in [5.41, 5.74) is 0.982. The van der Waals surface area contributed by atoms with Crippen molar-refractivity contribution in [2.24, 2.45) is 5.92 Å². The van der Waals surface area contributed by atoms with Crippen LogP contribution in [-0.2, 0) is 4.79 Å². The average Bonchev–Trinajstić information content (AvgIpc) is 3.29. The van der Waals surface area contributed by atoms with Crippen molar-refractivity contribution in [3.05, 3.63) is 59.7 Å². The number of aromatic nitrogens is 4. The first kappa shape index (κ1) is 23.9. The Labute approximate surface area is 201 Å². The van der Waals surface area contributed by atoms with Gasteiger partial charge in [-0.15, -0.1) is 16.9 Å². The fraction of sp³-hybridized carbons (Fsp3) is 0.375. The molecule has 0 unspecified atom stereocenters. The van der Waals surface area contributed by atoms with Crippen LogP contribution in [0, 0.1) is 18.7 Å². The minimum atomic E-state index is -0.511. The predicted octanol–water partition coefficient (Wildman–Crippen LogP) is 4.15. The number of nitrogens with zero attached hydrogens (tertiary/aromatic N) is 4. The number of rotatable bonds is 8. The number of aryl methyl sites for hydroxylation is 1. The largest absolute Gasteiger partial charge is 0.355 e. The van der Waals surface area contributed by atoms with Crippen molar-refractivity contribution in [1.82, 2.24) is 25.5 Å². The van der Waals surface area contributed by atoms with Gasteiger partial charge in [-0.05, 0) is 66.4 Å². The van der Waals surface area contributed by atoms with E-state index in [4.69, 9.17) is 0 Å². The molecular formula is C24H27FN6O2S. The molecule has 0 saturated heterocycles. The van der Waals surface area contributed by atoms with Crippen molar-refractivity contribution in [2.75, 3.05) is 17.6 Å². The molecule has 10 heteroatoms. The van der Waals surface area contributed by atoms with E-state index in [-0.39, 0.29) is 23.3 Å². The van der Waals surface area contributed by atoms with Gasteiger partial charge >= 0.3 is 0 Å². The molecular weight excluding hydrogens is 455 g/mol. The van der Waals surface area contributed by atoms with Crippen molar-refractivity contribution in [3.63, 3.8) is 0 Å². The maximum absolute atomic E-state index is 14.3. The van der Waals surface area contributed by atoms with E-state index in [9.17, 15) is 14.0 Å². The molecule has 1 saturated carbocycles.